The zero-order chi connectivity index (χ0) is 18.2. The highest BCUT2D eigenvalue weighted by atomic mass is 16.5. The van der Waals surface area contributed by atoms with Crippen LogP contribution in [0.4, 0.5) is 11.5 Å². The van der Waals surface area contributed by atoms with Gasteiger partial charge in [-0.25, -0.2) is 9.97 Å². The van der Waals surface area contributed by atoms with Crippen LogP contribution < -0.4 is 10.1 Å². The molecular weight excluding hydrogens is 342 g/mol. The van der Waals surface area contributed by atoms with E-state index in [-0.39, 0.29) is 0 Å². The number of ether oxygens (including phenoxy) is 1. The molecule has 0 amide bonds. The minimum absolute atomic E-state index is 0.590. The van der Waals surface area contributed by atoms with E-state index in [2.05, 4.69) is 20.5 Å². The number of H-pyrrole nitrogens is 1. The number of methoxy groups -OCH3 is 1. The molecule has 0 fully saturated rings. The van der Waals surface area contributed by atoms with Crippen molar-refractivity contribution in [1.82, 2.24) is 20.2 Å². The van der Waals surface area contributed by atoms with Crippen LogP contribution in [0.25, 0.3) is 33.3 Å². The zero-order valence-electron chi connectivity index (χ0n) is 14.4. The first-order valence-electron chi connectivity index (χ1n) is 8.40. The minimum atomic E-state index is 0.590. The highest BCUT2D eigenvalue weighted by Crippen LogP contribution is 2.35. The number of aromatic nitrogens is 4. The van der Waals surface area contributed by atoms with Crippen LogP contribution in [0.15, 0.2) is 65.5 Å². The van der Waals surface area contributed by atoms with Crippen molar-refractivity contribution < 1.29 is 9.15 Å². The summed E-state index contributed by atoms with van der Waals surface area (Å²) in [5.41, 5.74) is 3.39. The van der Waals surface area contributed by atoms with Crippen molar-refractivity contribution in [2.45, 2.75) is 0 Å². The molecule has 3 heterocycles. The molecule has 0 spiro atoms. The van der Waals surface area contributed by atoms with Gasteiger partial charge in [0.1, 0.15) is 17.5 Å². The molecule has 0 aliphatic heterocycles. The molecule has 3 aromatic heterocycles. The standard InChI is InChI=1S/C20H15N5O2/c1-26-16-4-2-3-15-17(16)14-11-22-25-18(14)19(24-15)23-13-7-5-12(6-8-13)20-21-9-10-27-20/h2-11H,1H3,(H,22,25)(H,23,24). The molecule has 0 aliphatic rings. The van der Waals surface area contributed by atoms with E-state index in [4.69, 9.17) is 14.1 Å². The zero-order valence-corrected chi connectivity index (χ0v) is 14.4. The van der Waals surface area contributed by atoms with Gasteiger partial charge in [-0.05, 0) is 36.4 Å². The Balaban J connectivity index is 1.58. The van der Waals surface area contributed by atoms with Gasteiger partial charge in [0.25, 0.3) is 0 Å². The lowest BCUT2D eigenvalue weighted by atomic mass is 10.1. The molecule has 132 valence electrons. The van der Waals surface area contributed by atoms with Crippen LogP contribution in [0.2, 0.25) is 0 Å². The fourth-order valence-corrected chi connectivity index (χ4v) is 3.17. The Morgan fingerprint density at radius 1 is 1.11 bits per heavy atom. The summed E-state index contributed by atoms with van der Waals surface area (Å²) < 4.78 is 10.8. The number of nitrogens with zero attached hydrogens (tertiary/aromatic N) is 3. The van der Waals surface area contributed by atoms with Crippen LogP contribution in [0.3, 0.4) is 0 Å². The summed E-state index contributed by atoms with van der Waals surface area (Å²) in [5.74, 6) is 2.04. The predicted octanol–water partition coefficient (Wildman–Crippen LogP) is 4.52. The summed E-state index contributed by atoms with van der Waals surface area (Å²) >= 11 is 0. The molecule has 0 radical (unpaired) electrons. The first kappa shape index (κ1) is 15.4. The van der Waals surface area contributed by atoms with Crippen molar-refractivity contribution in [3.05, 3.63) is 61.1 Å². The lowest BCUT2D eigenvalue weighted by Crippen LogP contribution is -1.97. The number of nitrogens with one attached hydrogen (secondary N) is 2. The summed E-state index contributed by atoms with van der Waals surface area (Å²) in [5, 5.41) is 12.5. The molecule has 5 rings (SSSR count). The summed E-state index contributed by atoms with van der Waals surface area (Å²) in [7, 11) is 1.66. The van der Waals surface area contributed by atoms with Gasteiger partial charge in [-0.15, -0.1) is 0 Å². The molecule has 2 N–H and O–H groups in total. The maximum absolute atomic E-state index is 5.49. The third kappa shape index (κ3) is 2.56. The van der Waals surface area contributed by atoms with E-state index in [0.29, 0.717) is 11.7 Å². The van der Waals surface area contributed by atoms with Gasteiger partial charge in [-0.3, -0.25) is 5.10 Å². The molecule has 0 bridgehead atoms. The third-order valence-corrected chi connectivity index (χ3v) is 4.42. The van der Waals surface area contributed by atoms with E-state index >= 15 is 0 Å². The Kier molecular flexibility index (Phi) is 3.50. The Bertz CT molecular complexity index is 1230. The second kappa shape index (κ2) is 6.14. The van der Waals surface area contributed by atoms with Crippen molar-refractivity contribution in [3.63, 3.8) is 0 Å². The van der Waals surface area contributed by atoms with E-state index in [1.807, 2.05) is 48.7 Å². The molecule has 0 atom stereocenters. The van der Waals surface area contributed by atoms with Crippen LogP contribution in [-0.4, -0.2) is 27.3 Å². The van der Waals surface area contributed by atoms with Crippen molar-refractivity contribution in [2.24, 2.45) is 0 Å². The van der Waals surface area contributed by atoms with Crippen LogP contribution in [0.5, 0.6) is 5.75 Å². The fourth-order valence-electron chi connectivity index (χ4n) is 3.17. The Labute approximate surface area is 154 Å². The SMILES string of the molecule is COc1cccc2nc(Nc3ccc(-c4ncco4)cc3)c3n[nH]cc3c12. The largest absolute Gasteiger partial charge is 0.496 e. The van der Waals surface area contributed by atoms with Gasteiger partial charge >= 0.3 is 0 Å². The van der Waals surface area contributed by atoms with Crippen molar-refractivity contribution >= 4 is 33.3 Å². The van der Waals surface area contributed by atoms with E-state index in [0.717, 1.165) is 38.8 Å². The van der Waals surface area contributed by atoms with Gasteiger partial charge in [-0.2, -0.15) is 5.10 Å². The van der Waals surface area contributed by atoms with E-state index in [1.54, 1.807) is 19.6 Å². The van der Waals surface area contributed by atoms with Crippen LogP contribution >= 0.6 is 0 Å². The minimum Gasteiger partial charge on any atom is -0.496 e. The van der Waals surface area contributed by atoms with Gasteiger partial charge < -0.3 is 14.5 Å². The number of benzene rings is 2. The Morgan fingerprint density at radius 3 is 2.78 bits per heavy atom. The van der Waals surface area contributed by atoms with E-state index < -0.39 is 0 Å². The Hall–Kier alpha value is -3.87. The van der Waals surface area contributed by atoms with Gasteiger partial charge in [0.2, 0.25) is 5.89 Å². The number of oxazole rings is 1. The average molecular weight is 357 g/mol. The normalized spacial score (nSPS) is 11.1. The van der Waals surface area contributed by atoms with Crippen molar-refractivity contribution in [1.29, 1.82) is 0 Å². The highest BCUT2D eigenvalue weighted by Gasteiger charge is 2.14. The van der Waals surface area contributed by atoms with Gasteiger partial charge in [0.05, 0.1) is 24.2 Å². The van der Waals surface area contributed by atoms with Crippen LogP contribution in [0.1, 0.15) is 0 Å². The topological polar surface area (TPSA) is 88.9 Å². The summed E-state index contributed by atoms with van der Waals surface area (Å²) in [6.45, 7) is 0. The molecule has 5 aromatic rings. The number of aromatic amines is 1. The molecule has 0 aliphatic carbocycles. The number of hydrogen-bond donors (Lipinski definition) is 2. The van der Waals surface area contributed by atoms with Gasteiger partial charge in [0.15, 0.2) is 5.82 Å². The monoisotopic (exact) mass is 357 g/mol. The maximum Gasteiger partial charge on any atom is 0.225 e. The van der Waals surface area contributed by atoms with Crippen molar-refractivity contribution in [3.8, 4) is 17.2 Å². The van der Waals surface area contributed by atoms with Gasteiger partial charge in [-0.1, -0.05) is 6.07 Å². The molecule has 0 saturated carbocycles. The molecule has 0 unspecified atom stereocenters. The van der Waals surface area contributed by atoms with Crippen molar-refractivity contribution in [2.75, 3.05) is 12.4 Å². The predicted molar refractivity (Wildman–Crippen MR) is 103 cm³/mol. The number of anilines is 2. The molecule has 2 aromatic carbocycles. The fraction of sp³-hybridized carbons (Fsp3) is 0.0500. The van der Waals surface area contributed by atoms with Crippen LogP contribution in [-0.2, 0) is 0 Å². The second-order valence-electron chi connectivity index (χ2n) is 6.00. The molecule has 7 nitrogen and oxygen atoms in total. The molecule has 27 heavy (non-hydrogen) atoms. The number of hydrogen-bond acceptors (Lipinski definition) is 6. The highest BCUT2D eigenvalue weighted by molar-refractivity contribution is 6.11. The van der Waals surface area contributed by atoms with E-state index in [1.165, 1.54) is 0 Å². The smallest absolute Gasteiger partial charge is 0.225 e. The summed E-state index contributed by atoms with van der Waals surface area (Å²) in [6.07, 6.45) is 5.05. The number of pyridine rings is 1. The maximum atomic E-state index is 5.49. The lowest BCUT2D eigenvalue weighted by molar-refractivity contribution is 0.420. The molecule has 7 heteroatoms. The van der Waals surface area contributed by atoms with Crippen LogP contribution in [0, 0.1) is 0 Å². The lowest BCUT2D eigenvalue weighted by Gasteiger charge is -2.10. The van der Waals surface area contributed by atoms with E-state index in [9.17, 15) is 0 Å². The number of rotatable bonds is 4. The molecule has 0 saturated heterocycles. The first-order valence-corrected chi connectivity index (χ1v) is 8.40. The first-order chi connectivity index (χ1) is 13.3. The third-order valence-electron chi connectivity index (χ3n) is 4.42. The average Bonchev–Trinajstić information content (AvgIpc) is 3.40. The molecular formula is C20H15N5O2. The quantitative estimate of drug-likeness (QED) is 0.492. The Morgan fingerprint density at radius 2 is 2.00 bits per heavy atom. The summed E-state index contributed by atoms with van der Waals surface area (Å²) in [4.78, 5) is 8.91. The van der Waals surface area contributed by atoms with Gasteiger partial charge in [0, 0.05) is 22.8 Å². The second-order valence-corrected chi connectivity index (χ2v) is 6.00. The number of fused-ring (bicyclic) bond motifs is 3. The summed E-state index contributed by atoms with van der Waals surface area (Å²) in [6, 6.07) is 13.6.